The van der Waals surface area contributed by atoms with Gasteiger partial charge in [0.15, 0.2) is 5.65 Å². The van der Waals surface area contributed by atoms with Crippen LogP contribution >= 0.6 is 24.8 Å². The second-order valence-electron chi connectivity index (χ2n) is 7.23. The van der Waals surface area contributed by atoms with E-state index in [0.29, 0.717) is 24.0 Å². The Labute approximate surface area is 163 Å². The number of fused-ring (bicyclic) bond motifs is 3. The molecule has 2 aromatic rings. The van der Waals surface area contributed by atoms with Crippen molar-refractivity contribution in [3.05, 3.63) is 33.4 Å². The normalized spacial score (nSPS) is 26.4. The predicted octanol–water partition coefficient (Wildman–Crippen LogP) is 1.47. The number of nitrogens with one attached hydrogen (secondary N) is 2. The number of aromatic amines is 1. The lowest BCUT2D eigenvalue weighted by Gasteiger charge is -2.27. The molecule has 0 saturated heterocycles. The summed E-state index contributed by atoms with van der Waals surface area (Å²) < 4.78 is 1.67. The number of halogens is 2. The molecule has 2 aromatic heterocycles. The van der Waals surface area contributed by atoms with E-state index in [0.717, 1.165) is 36.2 Å². The molecule has 4 rings (SSSR count). The molecular weight excluding hydrogens is 377 g/mol. The van der Waals surface area contributed by atoms with E-state index in [4.69, 9.17) is 5.73 Å². The number of carbonyl (C=O) groups is 1. The minimum atomic E-state index is -0.181. The Morgan fingerprint density at radius 2 is 2.04 bits per heavy atom. The van der Waals surface area contributed by atoms with Crippen molar-refractivity contribution in [3.8, 4) is 0 Å². The molecule has 2 bridgehead atoms. The highest BCUT2D eigenvalue weighted by Gasteiger charge is 2.48. The van der Waals surface area contributed by atoms with E-state index in [-0.39, 0.29) is 48.2 Å². The second-order valence-corrected chi connectivity index (χ2v) is 7.23. The van der Waals surface area contributed by atoms with E-state index in [1.54, 1.807) is 4.52 Å². The van der Waals surface area contributed by atoms with Gasteiger partial charge in [0.25, 0.3) is 5.56 Å². The number of amides is 1. The smallest absolute Gasteiger partial charge is 0.266 e. The second kappa shape index (κ2) is 7.58. The summed E-state index contributed by atoms with van der Waals surface area (Å²) in [4.78, 5) is 28.6. The lowest BCUT2D eigenvalue weighted by atomic mass is 9.84. The molecule has 4 atom stereocenters. The predicted molar refractivity (Wildman–Crippen MR) is 104 cm³/mol. The first-order chi connectivity index (χ1) is 11.5. The molecule has 7 nitrogen and oxygen atoms in total. The van der Waals surface area contributed by atoms with E-state index in [2.05, 4.69) is 15.4 Å². The molecule has 2 saturated carbocycles. The van der Waals surface area contributed by atoms with E-state index in [1.807, 2.05) is 13.8 Å². The van der Waals surface area contributed by atoms with Crippen LogP contribution in [0.4, 0.5) is 0 Å². The molecule has 0 spiro atoms. The zero-order chi connectivity index (χ0) is 17.0. The Kier molecular flexibility index (Phi) is 6.05. The van der Waals surface area contributed by atoms with Crippen LogP contribution in [0, 0.1) is 31.6 Å². The number of nitrogens with two attached hydrogens (primary N) is 1. The van der Waals surface area contributed by atoms with Gasteiger partial charge >= 0.3 is 0 Å². The van der Waals surface area contributed by atoms with Crippen LogP contribution in [0.25, 0.3) is 5.65 Å². The van der Waals surface area contributed by atoms with Crippen molar-refractivity contribution in [2.24, 2.45) is 23.5 Å². The highest BCUT2D eigenvalue weighted by molar-refractivity contribution is 5.85. The summed E-state index contributed by atoms with van der Waals surface area (Å²) in [6.07, 6.45) is 3.37. The van der Waals surface area contributed by atoms with Gasteiger partial charge in [0.2, 0.25) is 5.91 Å². The van der Waals surface area contributed by atoms with Gasteiger partial charge in [-0.15, -0.1) is 24.8 Å². The summed E-state index contributed by atoms with van der Waals surface area (Å²) in [5.74, 6) is 0.938. The fourth-order valence-corrected chi connectivity index (χ4v) is 4.63. The number of carbonyl (C=O) groups excluding carboxylic acids is 1. The van der Waals surface area contributed by atoms with Crippen LogP contribution in [0.15, 0.2) is 10.9 Å². The zero-order valence-corrected chi connectivity index (χ0v) is 16.5. The third-order valence-electron chi connectivity index (χ3n) is 5.93. The van der Waals surface area contributed by atoms with Gasteiger partial charge in [0.05, 0.1) is 5.92 Å². The molecule has 9 heteroatoms. The van der Waals surface area contributed by atoms with E-state index in [9.17, 15) is 9.59 Å². The number of aryl methyl sites for hydroxylation is 2. The molecule has 2 aliphatic rings. The molecule has 0 aliphatic heterocycles. The number of hydrogen-bond acceptors (Lipinski definition) is 4. The monoisotopic (exact) mass is 401 g/mol. The quantitative estimate of drug-likeness (QED) is 0.723. The zero-order valence-electron chi connectivity index (χ0n) is 14.8. The highest BCUT2D eigenvalue weighted by atomic mass is 35.5. The number of hydrogen-bond donors (Lipinski definition) is 3. The number of nitrogens with zero attached hydrogens (tertiary/aromatic N) is 2. The van der Waals surface area contributed by atoms with Crippen molar-refractivity contribution in [2.75, 3.05) is 0 Å². The van der Waals surface area contributed by atoms with Crippen molar-refractivity contribution in [2.45, 2.75) is 45.7 Å². The lowest BCUT2D eigenvalue weighted by Crippen LogP contribution is -2.45. The summed E-state index contributed by atoms with van der Waals surface area (Å²) in [6.45, 7) is 4.22. The maximum atomic E-state index is 12.6. The minimum Gasteiger partial charge on any atom is -0.352 e. The van der Waals surface area contributed by atoms with Gasteiger partial charge in [-0.2, -0.15) is 0 Å². The largest absolute Gasteiger partial charge is 0.352 e. The maximum Gasteiger partial charge on any atom is 0.266 e. The number of rotatable bonds is 3. The van der Waals surface area contributed by atoms with Crippen molar-refractivity contribution < 1.29 is 4.79 Å². The van der Waals surface area contributed by atoms with Crippen molar-refractivity contribution in [1.82, 2.24) is 19.9 Å². The molecular formula is C17H25Cl2N5O2. The standard InChI is InChI=1S/C17H23N5O2.2ClH/c1-8-12(9(2)22-13(20-8)6-14(23)21-22)7-19-17(24)15-10-3-4-11(5-10)16(15)18;;/h6,10-11,15-16H,3-5,7,18H2,1-2H3,(H,19,24)(H,21,23);2*1H. The van der Waals surface area contributed by atoms with E-state index in [1.165, 1.54) is 6.07 Å². The highest BCUT2D eigenvalue weighted by Crippen LogP contribution is 2.47. The van der Waals surface area contributed by atoms with Gasteiger partial charge in [-0.25, -0.2) is 9.50 Å². The molecule has 0 aromatic carbocycles. The minimum absolute atomic E-state index is 0. The Bertz CT molecular complexity index is 876. The van der Waals surface area contributed by atoms with E-state index >= 15 is 0 Å². The van der Waals surface area contributed by atoms with Gasteiger partial charge in [-0.1, -0.05) is 0 Å². The Morgan fingerprint density at radius 1 is 1.35 bits per heavy atom. The maximum absolute atomic E-state index is 12.6. The van der Waals surface area contributed by atoms with Crippen LogP contribution in [0.2, 0.25) is 0 Å². The van der Waals surface area contributed by atoms with Crippen LogP contribution in [-0.4, -0.2) is 26.5 Å². The molecule has 4 N–H and O–H groups in total. The summed E-state index contributed by atoms with van der Waals surface area (Å²) in [5.41, 5.74) is 9.31. The fourth-order valence-electron chi connectivity index (χ4n) is 4.63. The van der Waals surface area contributed by atoms with Gasteiger partial charge in [-0.05, 0) is 44.9 Å². The van der Waals surface area contributed by atoms with Gasteiger partial charge in [0, 0.05) is 35.6 Å². The molecule has 2 aliphatic carbocycles. The molecule has 0 radical (unpaired) electrons. The summed E-state index contributed by atoms with van der Waals surface area (Å²) in [5, 5.41) is 5.78. The SMILES string of the molecule is Cc1nc2cc(=O)[nH]n2c(C)c1CNC(=O)C1C2CCC(C2)C1N.Cl.Cl. The molecule has 4 unspecified atom stereocenters. The van der Waals surface area contributed by atoms with E-state index < -0.39 is 0 Å². The average Bonchev–Trinajstić information content (AvgIpc) is 3.20. The van der Waals surface area contributed by atoms with Crippen molar-refractivity contribution in [1.29, 1.82) is 0 Å². The van der Waals surface area contributed by atoms with Crippen LogP contribution in [0.3, 0.4) is 0 Å². The molecule has 144 valence electrons. The average molecular weight is 402 g/mol. The van der Waals surface area contributed by atoms with Gasteiger partial charge in [-0.3, -0.25) is 14.7 Å². The van der Waals surface area contributed by atoms with Crippen LogP contribution in [-0.2, 0) is 11.3 Å². The molecule has 1 amide bonds. The molecule has 2 fully saturated rings. The van der Waals surface area contributed by atoms with Crippen LogP contribution in [0.1, 0.15) is 36.2 Å². The van der Waals surface area contributed by atoms with Gasteiger partial charge in [0.1, 0.15) is 0 Å². The third kappa shape index (κ3) is 3.23. The topological polar surface area (TPSA) is 105 Å². The number of H-pyrrole nitrogens is 1. The third-order valence-corrected chi connectivity index (χ3v) is 5.93. The molecule has 2 heterocycles. The summed E-state index contributed by atoms with van der Waals surface area (Å²) in [6, 6.07) is 1.46. The first-order valence-electron chi connectivity index (χ1n) is 8.57. The summed E-state index contributed by atoms with van der Waals surface area (Å²) in [7, 11) is 0. The Balaban J connectivity index is 0.00000121. The Morgan fingerprint density at radius 3 is 2.69 bits per heavy atom. The van der Waals surface area contributed by atoms with Crippen molar-refractivity contribution in [3.63, 3.8) is 0 Å². The Hall–Kier alpha value is -1.57. The van der Waals surface area contributed by atoms with Crippen molar-refractivity contribution >= 4 is 36.4 Å². The fraction of sp³-hybridized carbons (Fsp3) is 0.588. The first kappa shape index (κ1) is 20.7. The van der Waals surface area contributed by atoms with Crippen LogP contribution < -0.4 is 16.6 Å². The van der Waals surface area contributed by atoms with Gasteiger partial charge < -0.3 is 11.1 Å². The molecule has 26 heavy (non-hydrogen) atoms. The summed E-state index contributed by atoms with van der Waals surface area (Å²) >= 11 is 0. The first-order valence-corrected chi connectivity index (χ1v) is 8.57. The lowest BCUT2D eigenvalue weighted by molar-refractivity contribution is -0.127. The van der Waals surface area contributed by atoms with Crippen LogP contribution in [0.5, 0.6) is 0 Å². The number of aromatic nitrogens is 3.